The molecule has 4 rings (SSSR count). The molecule has 0 saturated carbocycles. The van der Waals surface area contributed by atoms with E-state index in [1.54, 1.807) is 0 Å². The number of hydrogen-bond donors (Lipinski definition) is 1. The number of carbonyl (C=O) groups is 1. The molecule has 0 atom stereocenters. The minimum Gasteiger partial charge on any atom is -0.365 e. The fourth-order valence-electron chi connectivity index (χ4n) is 3.79. The number of piperazine rings is 1. The van der Waals surface area contributed by atoms with Crippen LogP contribution in [-0.2, 0) is 0 Å². The van der Waals surface area contributed by atoms with E-state index in [1.807, 2.05) is 36.4 Å². The molecule has 0 radical (unpaired) electrons. The van der Waals surface area contributed by atoms with Gasteiger partial charge in [-0.2, -0.15) is 0 Å². The minimum absolute atomic E-state index is 0.0740. The third-order valence-electron chi connectivity index (χ3n) is 5.61. The van der Waals surface area contributed by atoms with Gasteiger partial charge in [0, 0.05) is 55.6 Å². The van der Waals surface area contributed by atoms with Gasteiger partial charge >= 0.3 is 0 Å². The first-order valence-electron chi connectivity index (χ1n) is 10.8. The summed E-state index contributed by atoms with van der Waals surface area (Å²) in [6, 6.07) is 10.5. The highest BCUT2D eigenvalue weighted by molar-refractivity contribution is 6.30. The number of benzene rings is 2. The number of rotatable bonds is 6. The lowest BCUT2D eigenvalue weighted by Gasteiger charge is -2.36. The number of nitrogens with one attached hydrogen (secondary N) is 1. The average Bonchev–Trinajstić information content (AvgIpc) is 2.84. The molecular weight excluding hydrogens is 500 g/mol. The fourth-order valence-corrected chi connectivity index (χ4v) is 4.09. The standard InChI is InChI=1S/C25H21Cl2F3N4O/c26-18-5-3-16(4-6-18)2-1-9-33-10-12-34(13-11-33)24-22(30)19(28)15-20(29)23(24)32-25(35)17-7-8-31-21(27)14-17/h1-8,14-15H,9-13H2,(H,32,35)/b2-1+. The van der Waals surface area contributed by atoms with Crippen molar-refractivity contribution in [1.82, 2.24) is 9.88 Å². The van der Waals surface area contributed by atoms with Crippen LogP contribution in [0.5, 0.6) is 0 Å². The Morgan fingerprint density at radius 2 is 1.71 bits per heavy atom. The monoisotopic (exact) mass is 520 g/mol. The number of pyridine rings is 1. The molecule has 5 nitrogen and oxygen atoms in total. The Morgan fingerprint density at radius 1 is 1.00 bits per heavy atom. The van der Waals surface area contributed by atoms with Gasteiger partial charge < -0.3 is 10.2 Å². The molecule has 1 saturated heterocycles. The van der Waals surface area contributed by atoms with Crippen LogP contribution in [0.3, 0.4) is 0 Å². The van der Waals surface area contributed by atoms with Crippen molar-refractivity contribution in [3.8, 4) is 0 Å². The Hall–Kier alpha value is -3.07. The lowest BCUT2D eigenvalue weighted by molar-refractivity contribution is 0.102. The Bertz CT molecular complexity index is 1250. The number of carbonyl (C=O) groups excluding carboxylic acids is 1. The molecule has 1 aliphatic rings. The average molecular weight is 521 g/mol. The second-order valence-electron chi connectivity index (χ2n) is 7.94. The molecule has 0 unspecified atom stereocenters. The van der Waals surface area contributed by atoms with Crippen molar-refractivity contribution in [3.05, 3.63) is 93.5 Å². The van der Waals surface area contributed by atoms with E-state index in [4.69, 9.17) is 23.2 Å². The van der Waals surface area contributed by atoms with Crippen LogP contribution in [0.15, 0.2) is 54.7 Å². The highest BCUT2D eigenvalue weighted by Crippen LogP contribution is 2.35. The summed E-state index contributed by atoms with van der Waals surface area (Å²) in [5.41, 5.74) is 0.392. The van der Waals surface area contributed by atoms with Crippen LogP contribution < -0.4 is 10.2 Å². The summed E-state index contributed by atoms with van der Waals surface area (Å²) < 4.78 is 43.7. The SMILES string of the molecule is O=C(Nc1c(F)cc(F)c(F)c1N1CCN(C/C=C/c2ccc(Cl)cc2)CC1)c1ccnc(Cl)c1. The van der Waals surface area contributed by atoms with E-state index in [-0.39, 0.29) is 16.4 Å². The zero-order valence-electron chi connectivity index (χ0n) is 18.4. The zero-order valence-corrected chi connectivity index (χ0v) is 20.0. The van der Waals surface area contributed by atoms with Crippen molar-refractivity contribution in [3.63, 3.8) is 0 Å². The van der Waals surface area contributed by atoms with Crippen LogP contribution >= 0.6 is 23.2 Å². The number of hydrogen-bond acceptors (Lipinski definition) is 4. The predicted octanol–water partition coefficient (Wildman–Crippen LogP) is 5.89. The molecule has 0 bridgehead atoms. The molecule has 1 amide bonds. The first kappa shape index (κ1) is 25.0. The molecule has 1 aliphatic heterocycles. The van der Waals surface area contributed by atoms with Crippen LogP contribution in [0.2, 0.25) is 10.2 Å². The van der Waals surface area contributed by atoms with Gasteiger partial charge in [-0.15, -0.1) is 0 Å². The molecule has 10 heteroatoms. The van der Waals surface area contributed by atoms with E-state index in [2.05, 4.69) is 15.2 Å². The molecule has 1 aromatic heterocycles. The summed E-state index contributed by atoms with van der Waals surface area (Å²) >= 11 is 11.7. The number of amides is 1. The molecule has 0 spiro atoms. The number of aromatic nitrogens is 1. The molecule has 0 aliphatic carbocycles. The van der Waals surface area contributed by atoms with Crippen LogP contribution in [0.1, 0.15) is 15.9 Å². The smallest absolute Gasteiger partial charge is 0.255 e. The molecule has 2 aromatic carbocycles. The van der Waals surface area contributed by atoms with Crippen molar-refractivity contribution in [2.45, 2.75) is 0 Å². The van der Waals surface area contributed by atoms with Crippen LogP contribution in [-0.4, -0.2) is 48.5 Å². The van der Waals surface area contributed by atoms with Crippen LogP contribution in [0.25, 0.3) is 6.08 Å². The first-order chi connectivity index (χ1) is 16.8. The predicted molar refractivity (Wildman–Crippen MR) is 133 cm³/mol. The molecule has 2 heterocycles. The van der Waals surface area contributed by atoms with Crippen molar-refractivity contribution < 1.29 is 18.0 Å². The summed E-state index contributed by atoms with van der Waals surface area (Å²) in [5, 5.41) is 3.11. The fraction of sp³-hybridized carbons (Fsp3) is 0.200. The first-order valence-corrected chi connectivity index (χ1v) is 11.6. The topological polar surface area (TPSA) is 48.5 Å². The van der Waals surface area contributed by atoms with E-state index in [9.17, 15) is 18.0 Å². The van der Waals surface area contributed by atoms with Crippen LogP contribution in [0, 0.1) is 17.5 Å². The maximum absolute atomic E-state index is 14.9. The molecule has 182 valence electrons. The number of anilines is 2. The van der Waals surface area contributed by atoms with Gasteiger partial charge in [-0.3, -0.25) is 9.69 Å². The summed E-state index contributed by atoms with van der Waals surface area (Å²) in [6.07, 6.45) is 5.30. The van der Waals surface area contributed by atoms with Crippen molar-refractivity contribution in [2.75, 3.05) is 42.9 Å². The van der Waals surface area contributed by atoms with E-state index in [0.717, 1.165) is 5.56 Å². The van der Waals surface area contributed by atoms with Gasteiger partial charge in [0.2, 0.25) is 0 Å². The van der Waals surface area contributed by atoms with Crippen molar-refractivity contribution >= 4 is 46.6 Å². The lowest BCUT2D eigenvalue weighted by atomic mass is 10.1. The molecular formula is C25H21Cl2F3N4O. The largest absolute Gasteiger partial charge is 0.365 e. The highest BCUT2D eigenvalue weighted by atomic mass is 35.5. The van der Waals surface area contributed by atoms with E-state index >= 15 is 0 Å². The maximum atomic E-state index is 14.9. The zero-order chi connectivity index (χ0) is 24.9. The summed E-state index contributed by atoms with van der Waals surface area (Å²) in [7, 11) is 0. The molecule has 1 fully saturated rings. The van der Waals surface area contributed by atoms with E-state index in [1.165, 1.54) is 23.2 Å². The summed E-state index contributed by atoms with van der Waals surface area (Å²) in [4.78, 5) is 20.1. The Morgan fingerprint density at radius 3 is 2.40 bits per heavy atom. The van der Waals surface area contributed by atoms with Gasteiger partial charge in [-0.05, 0) is 29.8 Å². The second-order valence-corrected chi connectivity index (χ2v) is 8.76. The Labute approximate surface area is 210 Å². The third-order valence-corrected chi connectivity index (χ3v) is 6.07. The minimum atomic E-state index is -1.32. The molecule has 35 heavy (non-hydrogen) atoms. The third kappa shape index (κ3) is 6.14. The van der Waals surface area contributed by atoms with Gasteiger partial charge in [0.15, 0.2) is 17.5 Å². The van der Waals surface area contributed by atoms with Crippen LogP contribution in [0.4, 0.5) is 24.5 Å². The summed E-state index contributed by atoms with van der Waals surface area (Å²) in [5.74, 6) is -4.33. The summed E-state index contributed by atoms with van der Waals surface area (Å²) in [6.45, 7) is 2.37. The number of halogens is 5. The lowest BCUT2D eigenvalue weighted by Crippen LogP contribution is -2.47. The van der Waals surface area contributed by atoms with Crippen molar-refractivity contribution in [1.29, 1.82) is 0 Å². The van der Waals surface area contributed by atoms with E-state index in [0.29, 0.717) is 43.8 Å². The molecule has 1 N–H and O–H groups in total. The van der Waals surface area contributed by atoms with E-state index < -0.39 is 29.0 Å². The van der Waals surface area contributed by atoms with Gasteiger partial charge in [-0.1, -0.05) is 47.5 Å². The van der Waals surface area contributed by atoms with Gasteiger partial charge in [0.25, 0.3) is 5.91 Å². The highest BCUT2D eigenvalue weighted by Gasteiger charge is 2.27. The Kier molecular flexibility index (Phi) is 7.95. The normalized spacial score (nSPS) is 14.5. The quantitative estimate of drug-likeness (QED) is 0.325. The number of nitrogens with zero attached hydrogens (tertiary/aromatic N) is 3. The second kappa shape index (κ2) is 11.1. The Balaban J connectivity index is 1.46. The molecule has 3 aromatic rings. The van der Waals surface area contributed by atoms with Gasteiger partial charge in [0.1, 0.15) is 16.5 Å². The van der Waals surface area contributed by atoms with Crippen molar-refractivity contribution in [2.24, 2.45) is 0 Å². The maximum Gasteiger partial charge on any atom is 0.255 e. The van der Waals surface area contributed by atoms with Gasteiger partial charge in [0.05, 0.1) is 0 Å². The van der Waals surface area contributed by atoms with Gasteiger partial charge in [-0.25, -0.2) is 18.2 Å².